The first-order chi connectivity index (χ1) is 12.7. The summed E-state index contributed by atoms with van der Waals surface area (Å²) in [7, 11) is 0. The van der Waals surface area contributed by atoms with Crippen molar-refractivity contribution in [3.05, 3.63) is 47.8 Å². The molecule has 1 aromatic carbocycles. The maximum Gasteiger partial charge on any atom is 0.261 e. The Labute approximate surface area is 155 Å². The number of amides is 1. The number of carbonyl (C=O) groups excluding carboxylic acids is 1. The van der Waals surface area contributed by atoms with Gasteiger partial charge in [-0.25, -0.2) is 9.97 Å². The molecule has 0 radical (unpaired) electrons. The molecule has 0 N–H and O–H groups in total. The van der Waals surface area contributed by atoms with Crippen molar-refractivity contribution < 1.29 is 4.79 Å². The topological polar surface area (TPSA) is 49.3 Å². The normalized spacial score (nSPS) is 22.4. The molecule has 0 spiro atoms. The van der Waals surface area contributed by atoms with Gasteiger partial charge in [0.1, 0.15) is 0 Å². The fourth-order valence-electron chi connectivity index (χ4n) is 4.28. The van der Waals surface area contributed by atoms with Gasteiger partial charge in [0.15, 0.2) is 0 Å². The number of para-hydroxylation sites is 1. The number of piperidine rings is 1. The molecule has 4 rings (SSSR count). The summed E-state index contributed by atoms with van der Waals surface area (Å²) >= 11 is 0. The van der Waals surface area contributed by atoms with Crippen molar-refractivity contribution in [2.75, 3.05) is 16.3 Å². The fourth-order valence-corrected chi connectivity index (χ4v) is 4.28. The van der Waals surface area contributed by atoms with Crippen LogP contribution < -0.4 is 9.80 Å². The van der Waals surface area contributed by atoms with Crippen molar-refractivity contribution >= 4 is 17.5 Å². The Morgan fingerprint density at radius 1 is 1.19 bits per heavy atom. The number of aromatic nitrogens is 2. The summed E-state index contributed by atoms with van der Waals surface area (Å²) < 4.78 is 0. The summed E-state index contributed by atoms with van der Waals surface area (Å²) in [5.41, 5.74) is 2.79. The van der Waals surface area contributed by atoms with E-state index in [9.17, 15) is 4.79 Å². The third kappa shape index (κ3) is 2.96. The monoisotopic (exact) mass is 350 g/mol. The molecule has 2 aliphatic heterocycles. The van der Waals surface area contributed by atoms with Crippen LogP contribution >= 0.6 is 0 Å². The number of rotatable bonds is 3. The Kier molecular flexibility index (Phi) is 4.62. The quantitative estimate of drug-likeness (QED) is 0.844. The molecule has 2 aliphatic rings. The highest BCUT2D eigenvalue weighted by Gasteiger charge is 2.31. The van der Waals surface area contributed by atoms with E-state index in [0.717, 1.165) is 31.0 Å². The molecule has 26 heavy (non-hydrogen) atoms. The molecule has 1 fully saturated rings. The largest absolute Gasteiger partial charge is 0.338 e. The fraction of sp³-hybridized carbons (Fsp3) is 0.476. The smallest absolute Gasteiger partial charge is 0.261 e. The molecule has 0 saturated carbocycles. The lowest BCUT2D eigenvalue weighted by atomic mass is 10.0. The zero-order valence-electron chi connectivity index (χ0n) is 15.6. The van der Waals surface area contributed by atoms with Crippen LogP contribution in [0, 0.1) is 0 Å². The maximum atomic E-state index is 13.1. The lowest BCUT2D eigenvalue weighted by Gasteiger charge is -2.35. The average Bonchev–Trinajstić information content (AvgIpc) is 3.03. The van der Waals surface area contributed by atoms with E-state index in [-0.39, 0.29) is 11.9 Å². The molecule has 1 aromatic heterocycles. The second kappa shape index (κ2) is 7.06. The second-order valence-electron chi connectivity index (χ2n) is 7.38. The standard InChI is InChI=1S/C21H26N4O/c1-3-18-9-6-7-11-24(18)21-22-13-17(14-23-21)20(26)25-15(2)12-16-8-4-5-10-19(16)25/h4-5,8,10,13-15,18H,3,6-7,9,11-12H2,1-2H3. The molecular formula is C21H26N4O. The van der Waals surface area contributed by atoms with Crippen LogP contribution in [0.15, 0.2) is 36.7 Å². The minimum Gasteiger partial charge on any atom is -0.338 e. The zero-order valence-corrected chi connectivity index (χ0v) is 15.6. The van der Waals surface area contributed by atoms with Crippen LogP contribution in [-0.4, -0.2) is 34.5 Å². The van der Waals surface area contributed by atoms with E-state index in [1.54, 1.807) is 12.4 Å². The van der Waals surface area contributed by atoms with Crippen molar-refractivity contribution in [3.63, 3.8) is 0 Å². The zero-order chi connectivity index (χ0) is 18.1. The van der Waals surface area contributed by atoms with Gasteiger partial charge in [-0.2, -0.15) is 0 Å². The van der Waals surface area contributed by atoms with Crippen molar-refractivity contribution in [2.45, 2.75) is 58.0 Å². The molecule has 0 bridgehead atoms. The van der Waals surface area contributed by atoms with E-state index in [1.165, 1.54) is 24.8 Å². The summed E-state index contributed by atoms with van der Waals surface area (Å²) in [6, 6.07) is 8.80. The van der Waals surface area contributed by atoms with Gasteiger partial charge in [0.2, 0.25) is 5.95 Å². The second-order valence-corrected chi connectivity index (χ2v) is 7.38. The summed E-state index contributed by atoms with van der Waals surface area (Å²) in [5.74, 6) is 0.739. The van der Waals surface area contributed by atoms with Gasteiger partial charge in [-0.1, -0.05) is 25.1 Å². The molecule has 1 saturated heterocycles. The van der Waals surface area contributed by atoms with Crippen molar-refractivity contribution in [3.8, 4) is 0 Å². The first kappa shape index (κ1) is 17.0. The average molecular weight is 350 g/mol. The molecule has 0 aliphatic carbocycles. The molecule has 5 nitrogen and oxygen atoms in total. The predicted molar refractivity (Wildman–Crippen MR) is 104 cm³/mol. The lowest BCUT2D eigenvalue weighted by molar-refractivity contribution is 0.0981. The number of hydrogen-bond acceptors (Lipinski definition) is 4. The Hall–Kier alpha value is -2.43. The Morgan fingerprint density at radius 2 is 1.96 bits per heavy atom. The summed E-state index contributed by atoms with van der Waals surface area (Å²) in [6.07, 6.45) is 9.04. The summed E-state index contributed by atoms with van der Waals surface area (Å²) in [4.78, 5) is 26.3. The Bertz CT molecular complexity index is 789. The first-order valence-corrected chi connectivity index (χ1v) is 9.69. The van der Waals surface area contributed by atoms with Crippen LogP contribution in [-0.2, 0) is 6.42 Å². The summed E-state index contributed by atoms with van der Waals surface area (Å²) in [6.45, 7) is 5.31. The first-order valence-electron chi connectivity index (χ1n) is 9.69. The van der Waals surface area contributed by atoms with E-state index < -0.39 is 0 Å². The predicted octanol–water partition coefficient (Wildman–Crippen LogP) is 3.84. The van der Waals surface area contributed by atoms with Crippen molar-refractivity contribution in [1.29, 1.82) is 0 Å². The highest BCUT2D eigenvalue weighted by atomic mass is 16.2. The lowest BCUT2D eigenvalue weighted by Crippen LogP contribution is -2.40. The number of anilines is 2. The molecule has 2 unspecified atom stereocenters. The number of fused-ring (bicyclic) bond motifs is 1. The van der Waals surface area contributed by atoms with E-state index >= 15 is 0 Å². The third-order valence-electron chi connectivity index (χ3n) is 5.67. The number of hydrogen-bond donors (Lipinski definition) is 0. The van der Waals surface area contributed by atoms with Gasteiger partial charge in [0.25, 0.3) is 5.91 Å². The van der Waals surface area contributed by atoms with Gasteiger partial charge in [-0.15, -0.1) is 0 Å². The van der Waals surface area contributed by atoms with Gasteiger partial charge >= 0.3 is 0 Å². The Balaban J connectivity index is 1.56. The minimum atomic E-state index is -0.0142. The molecule has 2 atom stereocenters. The van der Waals surface area contributed by atoms with Crippen LogP contribution in [0.4, 0.5) is 11.6 Å². The molecule has 1 amide bonds. The third-order valence-corrected chi connectivity index (χ3v) is 5.67. The van der Waals surface area contributed by atoms with Gasteiger partial charge in [0, 0.05) is 36.7 Å². The van der Waals surface area contributed by atoms with Crippen LogP contribution in [0.2, 0.25) is 0 Å². The van der Waals surface area contributed by atoms with Crippen LogP contribution in [0.25, 0.3) is 0 Å². The molecule has 2 aromatic rings. The van der Waals surface area contributed by atoms with Crippen LogP contribution in [0.1, 0.15) is 55.5 Å². The number of carbonyl (C=O) groups is 1. The molecule has 3 heterocycles. The van der Waals surface area contributed by atoms with Gasteiger partial charge in [0.05, 0.1) is 5.56 Å². The Morgan fingerprint density at radius 3 is 2.73 bits per heavy atom. The highest BCUT2D eigenvalue weighted by molar-refractivity contribution is 6.07. The number of benzene rings is 1. The van der Waals surface area contributed by atoms with Gasteiger partial charge < -0.3 is 9.80 Å². The van der Waals surface area contributed by atoms with Crippen molar-refractivity contribution in [2.24, 2.45) is 0 Å². The van der Waals surface area contributed by atoms with E-state index in [0.29, 0.717) is 11.6 Å². The van der Waals surface area contributed by atoms with Crippen LogP contribution in [0.5, 0.6) is 0 Å². The number of nitrogens with zero attached hydrogens (tertiary/aromatic N) is 4. The van der Waals surface area contributed by atoms with E-state index in [2.05, 4.69) is 34.8 Å². The van der Waals surface area contributed by atoms with Gasteiger partial charge in [-0.05, 0) is 50.7 Å². The SMILES string of the molecule is CCC1CCCCN1c1ncc(C(=O)N2c3ccccc3CC2C)cn1. The maximum absolute atomic E-state index is 13.1. The van der Waals surface area contributed by atoms with Crippen LogP contribution in [0.3, 0.4) is 0 Å². The highest BCUT2D eigenvalue weighted by Crippen LogP contribution is 2.33. The van der Waals surface area contributed by atoms with Crippen molar-refractivity contribution in [1.82, 2.24) is 9.97 Å². The summed E-state index contributed by atoms with van der Waals surface area (Å²) in [5, 5.41) is 0. The van der Waals surface area contributed by atoms with Gasteiger partial charge in [-0.3, -0.25) is 4.79 Å². The molecular weight excluding hydrogens is 324 g/mol. The molecule has 5 heteroatoms. The van der Waals surface area contributed by atoms with E-state index in [1.807, 2.05) is 23.1 Å². The van der Waals surface area contributed by atoms with E-state index in [4.69, 9.17) is 0 Å². The minimum absolute atomic E-state index is 0.0142. The molecule has 136 valence electrons.